The number of rotatable bonds is 4. The van der Waals surface area contributed by atoms with E-state index in [1.807, 2.05) is 13.8 Å². The Morgan fingerprint density at radius 1 is 1.33 bits per heavy atom. The van der Waals surface area contributed by atoms with Crippen LogP contribution in [0.25, 0.3) is 0 Å². The molecule has 2 N–H and O–H groups in total. The number of hydrogen-bond donors (Lipinski definition) is 1. The Morgan fingerprint density at radius 3 is 2.42 bits per heavy atom. The van der Waals surface area contributed by atoms with Crippen LogP contribution in [-0.4, -0.2) is 30.1 Å². The minimum absolute atomic E-state index is 0.164. The SMILES string of the molecule is CC(C)(CCN1CCCC1)ON. The summed E-state index contributed by atoms with van der Waals surface area (Å²) in [7, 11) is 0. The molecule has 3 heteroatoms. The molecule has 0 bridgehead atoms. The fourth-order valence-corrected chi connectivity index (χ4v) is 1.49. The van der Waals surface area contributed by atoms with E-state index in [-0.39, 0.29) is 5.60 Å². The molecule has 3 nitrogen and oxygen atoms in total. The van der Waals surface area contributed by atoms with Gasteiger partial charge >= 0.3 is 0 Å². The van der Waals surface area contributed by atoms with E-state index in [0.717, 1.165) is 13.0 Å². The highest BCUT2D eigenvalue weighted by molar-refractivity contribution is 4.73. The van der Waals surface area contributed by atoms with Crippen molar-refractivity contribution in [2.45, 2.75) is 38.7 Å². The van der Waals surface area contributed by atoms with Crippen molar-refractivity contribution in [2.24, 2.45) is 5.90 Å². The third-order valence-corrected chi connectivity index (χ3v) is 2.55. The molecule has 72 valence electrons. The Balaban J connectivity index is 2.15. The smallest absolute Gasteiger partial charge is 0.0850 e. The molecular weight excluding hydrogens is 152 g/mol. The van der Waals surface area contributed by atoms with Gasteiger partial charge in [-0.05, 0) is 46.2 Å². The van der Waals surface area contributed by atoms with Crippen molar-refractivity contribution in [3.05, 3.63) is 0 Å². The summed E-state index contributed by atoms with van der Waals surface area (Å²) in [6.45, 7) is 7.68. The molecule has 1 aliphatic rings. The third kappa shape index (κ3) is 3.09. The van der Waals surface area contributed by atoms with Gasteiger partial charge in [0, 0.05) is 6.54 Å². The lowest BCUT2D eigenvalue weighted by Crippen LogP contribution is -2.33. The van der Waals surface area contributed by atoms with Gasteiger partial charge in [0.1, 0.15) is 0 Å². The molecule has 1 heterocycles. The van der Waals surface area contributed by atoms with E-state index in [9.17, 15) is 0 Å². The first-order valence-corrected chi connectivity index (χ1v) is 4.74. The molecule has 0 amide bonds. The second kappa shape index (κ2) is 4.21. The Hall–Kier alpha value is -0.120. The summed E-state index contributed by atoms with van der Waals surface area (Å²) in [6, 6.07) is 0. The standard InChI is InChI=1S/C9H20N2O/c1-9(2,12-10)5-8-11-6-3-4-7-11/h3-8,10H2,1-2H3. The minimum atomic E-state index is -0.164. The maximum atomic E-state index is 5.17. The molecule has 0 aromatic carbocycles. The molecule has 0 spiro atoms. The van der Waals surface area contributed by atoms with Crippen LogP contribution < -0.4 is 5.90 Å². The van der Waals surface area contributed by atoms with Crippen molar-refractivity contribution < 1.29 is 4.84 Å². The Morgan fingerprint density at radius 2 is 1.92 bits per heavy atom. The largest absolute Gasteiger partial charge is 0.303 e. The first-order chi connectivity index (χ1) is 5.64. The summed E-state index contributed by atoms with van der Waals surface area (Å²) in [6.07, 6.45) is 3.72. The van der Waals surface area contributed by atoms with Crippen molar-refractivity contribution in [1.29, 1.82) is 0 Å². The zero-order valence-corrected chi connectivity index (χ0v) is 8.18. The Labute approximate surface area is 74.8 Å². The number of nitrogens with two attached hydrogens (primary N) is 1. The van der Waals surface area contributed by atoms with E-state index in [1.165, 1.54) is 25.9 Å². The molecule has 1 aliphatic heterocycles. The second-order valence-corrected chi connectivity index (χ2v) is 4.18. The predicted octanol–water partition coefficient (Wildman–Crippen LogP) is 1.14. The number of hydrogen-bond acceptors (Lipinski definition) is 3. The molecule has 0 atom stereocenters. The van der Waals surface area contributed by atoms with E-state index in [2.05, 4.69) is 4.90 Å². The lowest BCUT2D eigenvalue weighted by molar-refractivity contribution is -0.0299. The molecule has 0 radical (unpaired) electrons. The maximum absolute atomic E-state index is 5.17. The molecular formula is C9H20N2O. The molecule has 1 saturated heterocycles. The van der Waals surface area contributed by atoms with Crippen molar-refractivity contribution in [3.63, 3.8) is 0 Å². The van der Waals surface area contributed by atoms with Crippen molar-refractivity contribution in [2.75, 3.05) is 19.6 Å². The summed E-state index contributed by atoms with van der Waals surface area (Å²) < 4.78 is 0. The summed E-state index contributed by atoms with van der Waals surface area (Å²) in [5.41, 5.74) is -0.164. The monoisotopic (exact) mass is 172 g/mol. The van der Waals surface area contributed by atoms with Crippen molar-refractivity contribution in [3.8, 4) is 0 Å². The summed E-state index contributed by atoms with van der Waals surface area (Å²) >= 11 is 0. The fraction of sp³-hybridized carbons (Fsp3) is 1.00. The van der Waals surface area contributed by atoms with E-state index < -0.39 is 0 Å². The van der Waals surface area contributed by atoms with Crippen molar-refractivity contribution >= 4 is 0 Å². The van der Waals surface area contributed by atoms with Crippen LogP contribution >= 0.6 is 0 Å². The normalized spacial score (nSPS) is 20.2. The molecule has 0 saturated carbocycles. The lowest BCUT2D eigenvalue weighted by atomic mass is 10.1. The van der Waals surface area contributed by atoms with Gasteiger partial charge in [-0.2, -0.15) is 0 Å². The van der Waals surface area contributed by atoms with E-state index >= 15 is 0 Å². The van der Waals surface area contributed by atoms with E-state index in [0.29, 0.717) is 0 Å². The molecule has 12 heavy (non-hydrogen) atoms. The molecule has 0 aliphatic carbocycles. The molecule has 0 aromatic heterocycles. The van der Waals surface area contributed by atoms with Gasteiger partial charge in [-0.3, -0.25) is 4.84 Å². The topological polar surface area (TPSA) is 38.5 Å². The van der Waals surface area contributed by atoms with Gasteiger partial charge < -0.3 is 4.90 Å². The first-order valence-electron chi connectivity index (χ1n) is 4.74. The average Bonchev–Trinajstić information content (AvgIpc) is 2.53. The van der Waals surface area contributed by atoms with Gasteiger partial charge in [-0.25, -0.2) is 5.90 Å². The van der Waals surface area contributed by atoms with E-state index in [4.69, 9.17) is 10.7 Å². The highest BCUT2D eigenvalue weighted by atomic mass is 16.6. The zero-order valence-electron chi connectivity index (χ0n) is 8.18. The predicted molar refractivity (Wildman–Crippen MR) is 49.6 cm³/mol. The van der Waals surface area contributed by atoms with Crippen LogP contribution in [0.3, 0.4) is 0 Å². The van der Waals surface area contributed by atoms with Crippen LogP contribution in [0.4, 0.5) is 0 Å². The second-order valence-electron chi connectivity index (χ2n) is 4.18. The fourth-order valence-electron chi connectivity index (χ4n) is 1.49. The zero-order chi connectivity index (χ0) is 9.03. The molecule has 0 aromatic rings. The number of nitrogens with zero attached hydrogens (tertiary/aromatic N) is 1. The highest BCUT2D eigenvalue weighted by Crippen LogP contribution is 2.15. The lowest BCUT2D eigenvalue weighted by Gasteiger charge is -2.24. The summed E-state index contributed by atoms with van der Waals surface area (Å²) in [4.78, 5) is 7.34. The Kier molecular flexibility index (Phi) is 3.50. The van der Waals surface area contributed by atoms with Gasteiger partial charge in [0.05, 0.1) is 5.60 Å². The molecule has 0 unspecified atom stereocenters. The minimum Gasteiger partial charge on any atom is -0.303 e. The highest BCUT2D eigenvalue weighted by Gasteiger charge is 2.20. The van der Waals surface area contributed by atoms with Gasteiger partial charge in [0.15, 0.2) is 0 Å². The van der Waals surface area contributed by atoms with Gasteiger partial charge in [0.25, 0.3) is 0 Å². The summed E-state index contributed by atoms with van der Waals surface area (Å²) in [5, 5.41) is 0. The Bertz CT molecular complexity index is 130. The maximum Gasteiger partial charge on any atom is 0.0850 e. The van der Waals surface area contributed by atoms with Crippen LogP contribution in [0, 0.1) is 0 Å². The van der Waals surface area contributed by atoms with Crippen molar-refractivity contribution in [1.82, 2.24) is 4.90 Å². The van der Waals surface area contributed by atoms with Crippen LogP contribution in [0.2, 0.25) is 0 Å². The quantitative estimate of drug-likeness (QED) is 0.646. The summed E-state index contributed by atoms with van der Waals surface area (Å²) in [5.74, 6) is 5.17. The van der Waals surface area contributed by atoms with Crippen LogP contribution in [0.1, 0.15) is 33.1 Å². The first kappa shape index (κ1) is 9.96. The third-order valence-electron chi connectivity index (χ3n) is 2.55. The molecule has 1 rings (SSSR count). The molecule has 1 fully saturated rings. The number of likely N-dealkylation sites (tertiary alicyclic amines) is 1. The van der Waals surface area contributed by atoms with Crippen LogP contribution in [-0.2, 0) is 4.84 Å². The van der Waals surface area contributed by atoms with Gasteiger partial charge in [-0.15, -0.1) is 0 Å². The average molecular weight is 172 g/mol. The van der Waals surface area contributed by atoms with Gasteiger partial charge in [0.2, 0.25) is 0 Å². The van der Waals surface area contributed by atoms with E-state index in [1.54, 1.807) is 0 Å². The van der Waals surface area contributed by atoms with Crippen LogP contribution in [0.5, 0.6) is 0 Å². The van der Waals surface area contributed by atoms with Crippen LogP contribution in [0.15, 0.2) is 0 Å². The van der Waals surface area contributed by atoms with Gasteiger partial charge in [-0.1, -0.05) is 0 Å².